The number of rotatable bonds is 7. The Balaban J connectivity index is 1.38. The lowest BCUT2D eigenvalue weighted by Crippen LogP contribution is -2.44. The van der Waals surface area contributed by atoms with Crippen LogP contribution in [0.25, 0.3) is 0 Å². The molecule has 0 radical (unpaired) electrons. The van der Waals surface area contributed by atoms with Crippen molar-refractivity contribution < 1.29 is 18.4 Å². The number of amides is 2. The fraction of sp³-hybridized carbons (Fsp3) is 0.500. The maximum Gasteiger partial charge on any atom is 0.317 e. The van der Waals surface area contributed by atoms with E-state index >= 15 is 0 Å². The molecule has 1 aliphatic heterocycles. The van der Waals surface area contributed by atoms with Crippen molar-refractivity contribution in [3.05, 3.63) is 53.3 Å². The predicted octanol–water partition coefficient (Wildman–Crippen LogP) is 3.19. The van der Waals surface area contributed by atoms with E-state index in [0.29, 0.717) is 11.9 Å². The average Bonchev–Trinajstić information content (AvgIpc) is 2.85. The first-order valence-corrected chi connectivity index (χ1v) is 11.7. The molecule has 0 unspecified atom stereocenters. The van der Waals surface area contributed by atoms with Gasteiger partial charge in [0.1, 0.15) is 0 Å². The summed E-state index contributed by atoms with van der Waals surface area (Å²) >= 11 is 0. The lowest BCUT2D eigenvalue weighted by molar-refractivity contribution is -0.132. The molecule has 3 N–H and O–H groups in total. The van der Waals surface area contributed by atoms with Crippen LogP contribution < -0.4 is 16.2 Å². The summed E-state index contributed by atoms with van der Waals surface area (Å²) in [5.41, 5.74) is 5.93. The van der Waals surface area contributed by atoms with Gasteiger partial charge in [-0.3, -0.25) is 20.4 Å². The van der Waals surface area contributed by atoms with Crippen molar-refractivity contribution >= 4 is 17.8 Å². The second-order valence-electron chi connectivity index (χ2n) is 8.93. The standard InChI is InChI=1S/C24H30F2N6O2/c1-2-32-12-8-17(9-13-32)16-4-6-19(7-5-16)24(10-3-11-24)29-23-27-14-18(15-28-23)21(33)30-31-22(34)20(25)26/h4-7,14-15,17,20H,2-3,8-13H2,1H3,(H,30,33)(H,31,34)(H,27,28,29). The number of hydrogen-bond donors (Lipinski definition) is 3. The van der Waals surface area contributed by atoms with Crippen LogP contribution in [0.2, 0.25) is 0 Å². The van der Waals surface area contributed by atoms with Gasteiger partial charge in [0.15, 0.2) is 0 Å². The summed E-state index contributed by atoms with van der Waals surface area (Å²) in [6, 6.07) is 8.87. The summed E-state index contributed by atoms with van der Waals surface area (Å²) in [5, 5.41) is 3.42. The van der Waals surface area contributed by atoms with Gasteiger partial charge in [-0.25, -0.2) is 9.97 Å². The SMILES string of the molecule is CCN1CCC(c2ccc(C3(Nc4ncc(C(=O)NNC(=O)C(F)F)cn4)CCC3)cc2)CC1. The molecule has 0 atom stereocenters. The zero-order chi connectivity index (χ0) is 24.1. The van der Waals surface area contributed by atoms with Crippen LogP contribution in [0.15, 0.2) is 36.7 Å². The van der Waals surface area contributed by atoms with E-state index in [2.05, 4.69) is 51.4 Å². The number of hydrogen-bond acceptors (Lipinski definition) is 6. The Morgan fingerprint density at radius 1 is 1.09 bits per heavy atom. The van der Waals surface area contributed by atoms with Gasteiger partial charge in [-0.1, -0.05) is 31.2 Å². The van der Waals surface area contributed by atoms with Crippen LogP contribution in [0.5, 0.6) is 0 Å². The van der Waals surface area contributed by atoms with Crippen LogP contribution in [0.3, 0.4) is 0 Å². The summed E-state index contributed by atoms with van der Waals surface area (Å²) < 4.78 is 24.4. The van der Waals surface area contributed by atoms with E-state index in [1.807, 2.05) is 5.43 Å². The third-order valence-corrected chi connectivity index (χ3v) is 6.94. The third kappa shape index (κ3) is 5.32. The van der Waals surface area contributed by atoms with Crippen LogP contribution in [0.4, 0.5) is 14.7 Å². The van der Waals surface area contributed by atoms with Gasteiger partial charge in [-0.2, -0.15) is 8.78 Å². The largest absolute Gasteiger partial charge is 0.345 e. The van der Waals surface area contributed by atoms with E-state index in [9.17, 15) is 18.4 Å². The van der Waals surface area contributed by atoms with Gasteiger partial charge >= 0.3 is 12.3 Å². The minimum absolute atomic E-state index is 0.0428. The molecule has 1 aliphatic carbocycles. The van der Waals surface area contributed by atoms with Gasteiger partial charge in [0.05, 0.1) is 11.1 Å². The molecular weight excluding hydrogens is 442 g/mol. The van der Waals surface area contributed by atoms with Crippen molar-refractivity contribution in [3.63, 3.8) is 0 Å². The second kappa shape index (κ2) is 10.4. The van der Waals surface area contributed by atoms with Crippen LogP contribution in [-0.4, -0.2) is 52.7 Å². The molecule has 2 amide bonds. The number of alkyl halides is 2. The summed E-state index contributed by atoms with van der Waals surface area (Å²) in [6.45, 7) is 5.63. The zero-order valence-electron chi connectivity index (χ0n) is 19.2. The van der Waals surface area contributed by atoms with Gasteiger partial charge in [-0.15, -0.1) is 0 Å². The van der Waals surface area contributed by atoms with E-state index in [1.54, 1.807) is 5.43 Å². The first-order chi connectivity index (χ1) is 16.4. The monoisotopic (exact) mass is 472 g/mol. The summed E-state index contributed by atoms with van der Waals surface area (Å²) in [4.78, 5) is 33.8. The maximum atomic E-state index is 12.2. The highest BCUT2D eigenvalue weighted by atomic mass is 19.3. The first-order valence-electron chi connectivity index (χ1n) is 11.7. The number of piperidine rings is 1. The van der Waals surface area contributed by atoms with Gasteiger partial charge in [0, 0.05) is 12.4 Å². The predicted molar refractivity (Wildman–Crippen MR) is 123 cm³/mol. The molecule has 1 aromatic heterocycles. The van der Waals surface area contributed by atoms with Crippen LogP contribution >= 0.6 is 0 Å². The number of benzene rings is 1. The van der Waals surface area contributed by atoms with Crippen molar-refractivity contribution in [2.75, 3.05) is 25.0 Å². The van der Waals surface area contributed by atoms with Crippen LogP contribution in [0, 0.1) is 0 Å². The van der Waals surface area contributed by atoms with Crippen molar-refractivity contribution in [1.29, 1.82) is 0 Å². The Bertz CT molecular complexity index is 988. The molecule has 2 aromatic rings. The van der Waals surface area contributed by atoms with E-state index in [4.69, 9.17) is 0 Å². The molecule has 1 saturated carbocycles. The zero-order valence-corrected chi connectivity index (χ0v) is 19.2. The molecule has 0 bridgehead atoms. The number of hydrazine groups is 1. The minimum atomic E-state index is -3.22. The van der Waals surface area contributed by atoms with E-state index in [-0.39, 0.29) is 11.1 Å². The highest BCUT2D eigenvalue weighted by Crippen LogP contribution is 2.44. The molecule has 182 valence electrons. The Morgan fingerprint density at radius 2 is 1.74 bits per heavy atom. The third-order valence-electron chi connectivity index (χ3n) is 6.94. The molecule has 8 nitrogen and oxygen atoms in total. The highest BCUT2D eigenvalue weighted by Gasteiger charge is 2.39. The Labute approximate surface area is 197 Å². The van der Waals surface area contributed by atoms with Crippen LogP contribution in [0.1, 0.15) is 66.4 Å². The number of carbonyl (C=O) groups is 2. The summed E-state index contributed by atoms with van der Waals surface area (Å²) in [5.74, 6) is -1.38. The molecule has 10 heteroatoms. The Hall–Kier alpha value is -3.14. The normalized spacial score (nSPS) is 18.2. The quantitative estimate of drug-likeness (QED) is 0.536. The number of nitrogens with zero attached hydrogens (tertiary/aromatic N) is 3. The van der Waals surface area contributed by atoms with Crippen molar-refractivity contribution in [2.45, 2.75) is 56.9 Å². The molecule has 2 fully saturated rings. The smallest absolute Gasteiger partial charge is 0.317 e. The lowest BCUT2D eigenvalue weighted by atomic mass is 9.71. The number of halogens is 2. The van der Waals surface area contributed by atoms with Crippen molar-refractivity contribution in [1.82, 2.24) is 25.7 Å². The van der Waals surface area contributed by atoms with Crippen molar-refractivity contribution in [2.24, 2.45) is 0 Å². The van der Waals surface area contributed by atoms with E-state index in [0.717, 1.165) is 38.9 Å². The number of carbonyl (C=O) groups excluding carboxylic acids is 2. The fourth-order valence-electron chi connectivity index (χ4n) is 4.64. The lowest BCUT2D eigenvalue weighted by Gasteiger charge is -2.43. The topological polar surface area (TPSA) is 99.3 Å². The minimum Gasteiger partial charge on any atom is -0.345 e. The summed E-state index contributed by atoms with van der Waals surface area (Å²) in [7, 11) is 0. The second-order valence-corrected chi connectivity index (χ2v) is 8.93. The van der Waals surface area contributed by atoms with Gasteiger partial charge in [0.25, 0.3) is 5.91 Å². The average molecular weight is 473 g/mol. The molecular formula is C24H30F2N6O2. The van der Waals surface area contributed by atoms with Gasteiger partial charge in [-0.05, 0) is 68.8 Å². The molecule has 2 heterocycles. The van der Waals surface area contributed by atoms with E-state index < -0.39 is 18.2 Å². The number of aromatic nitrogens is 2. The Morgan fingerprint density at radius 3 is 2.26 bits per heavy atom. The Kier molecular flexibility index (Phi) is 7.35. The van der Waals surface area contributed by atoms with E-state index in [1.165, 1.54) is 36.4 Å². The molecule has 1 saturated heterocycles. The first kappa shape index (κ1) is 24.0. The number of likely N-dealkylation sites (tertiary alicyclic amines) is 1. The molecule has 34 heavy (non-hydrogen) atoms. The number of anilines is 1. The molecule has 1 aromatic carbocycles. The summed E-state index contributed by atoms with van der Waals surface area (Å²) in [6.07, 6.45) is 4.74. The molecule has 2 aliphatic rings. The fourth-order valence-corrected chi connectivity index (χ4v) is 4.64. The van der Waals surface area contributed by atoms with Crippen molar-refractivity contribution in [3.8, 4) is 0 Å². The molecule has 4 rings (SSSR count). The number of nitrogens with one attached hydrogen (secondary N) is 3. The molecule has 0 spiro atoms. The highest BCUT2D eigenvalue weighted by molar-refractivity contribution is 5.95. The van der Waals surface area contributed by atoms with Gasteiger partial charge in [0.2, 0.25) is 5.95 Å². The van der Waals surface area contributed by atoms with Gasteiger partial charge < -0.3 is 10.2 Å². The maximum absolute atomic E-state index is 12.2. The van der Waals surface area contributed by atoms with Crippen LogP contribution in [-0.2, 0) is 10.3 Å².